The van der Waals surface area contributed by atoms with Crippen LogP contribution in [0.4, 0.5) is 0 Å². The topological polar surface area (TPSA) is 0 Å². The molecule has 0 heteroatoms. The maximum Gasteiger partial charge on any atom is -0.0225 e. The van der Waals surface area contributed by atoms with Gasteiger partial charge in [-0.2, -0.15) is 0 Å². The van der Waals surface area contributed by atoms with Crippen molar-refractivity contribution in [1.82, 2.24) is 0 Å². The van der Waals surface area contributed by atoms with Gasteiger partial charge in [-0.15, -0.1) is 6.58 Å². The van der Waals surface area contributed by atoms with Crippen molar-refractivity contribution < 1.29 is 0 Å². The lowest BCUT2D eigenvalue weighted by Gasteiger charge is -2.04. The van der Waals surface area contributed by atoms with Crippen molar-refractivity contribution in [3.8, 4) is 0 Å². The van der Waals surface area contributed by atoms with E-state index in [-0.39, 0.29) is 0 Å². The minimum Gasteiger partial charge on any atom is -0.103 e. The lowest BCUT2D eigenvalue weighted by Crippen LogP contribution is -1.88. The van der Waals surface area contributed by atoms with Crippen LogP contribution in [-0.4, -0.2) is 0 Å². The van der Waals surface area contributed by atoms with E-state index in [9.17, 15) is 0 Å². The van der Waals surface area contributed by atoms with Crippen LogP contribution in [0, 0.1) is 5.92 Å². The van der Waals surface area contributed by atoms with Gasteiger partial charge in [0, 0.05) is 0 Å². The van der Waals surface area contributed by atoms with Gasteiger partial charge in [0.15, 0.2) is 0 Å². The molecular formula is C14H24. The molecule has 1 unspecified atom stereocenters. The average Bonchev–Trinajstić information content (AvgIpc) is 2.03. The molecule has 0 rings (SSSR count). The van der Waals surface area contributed by atoms with Crippen LogP contribution >= 0.6 is 0 Å². The third kappa shape index (κ3) is 7.85. The van der Waals surface area contributed by atoms with Crippen molar-refractivity contribution in [3.63, 3.8) is 0 Å². The molecule has 0 spiro atoms. The Labute approximate surface area is 89.4 Å². The molecular weight excluding hydrogens is 168 g/mol. The van der Waals surface area contributed by atoms with Crippen LogP contribution in [0.1, 0.15) is 47.0 Å². The summed E-state index contributed by atoms with van der Waals surface area (Å²) in [6, 6.07) is 0. The smallest absolute Gasteiger partial charge is 0.0225 e. The highest BCUT2D eigenvalue weighted by Crippen LogP contribution is 2.12. The van der Waals surface area contributed by atoms with Gasteiger partial charge in [0.2, 0.25) is 0 Å². The van der Waals surface area contributed by atoms with E-state index in [0.29, 0.717) is 5.92 Å². The van der Waals surface area contributed by atoms with Crippen LogP contribution in [0.5, 0.6) is 0 Å². The van der Waals surface area contributed by atoms with Crippen LogP contribution < -0.4 is 0 Å². The summed E-state index contributed by atoms with van der Waals surface area (Å²) in [5, 5.41) is 0. The van der Waals surface area contributed by atoms with Gasteiger partial charge in [-0.05, 0) is 46.0 Å². The summed E-state index contributed by atoms with van der Waals surface area (Å²) in [7, 11) is 0. The van der Waals surface area contributed by atoms with E-state index in [1.54, 1.807) is 0 Å². The van der Waals surface area contributed by atoms with Crippen molar-refractivity contribution in [3.05, 3.63) is 36.0 Å². The highest BCUT2D eigenvalue weighted by atomic mass is 14.0. The molecule has 0 nitrogen and oxygen atoms in total. The van der Waals surface area contributed by atoms with Crippen molar-refractivity contribution in [2.75, 3.05) is 0 Å². The van der Waals surface area contributed by atoms with Gasteiger partial charge >= 0.3 is 0 Å². The first-order valence-electron chi connectivity index (χ1n) is 5.47. The third-order valence-corrected chi connectivity index (χ3v) is 2.20. The molecule has 0 aromatic carbocycles. The number of hydrogen-bond acceptors (Lipinski definition) is 0. The van der Waals surface area contributed by atoms with Crippen molar-refractivity contribution >= 4 is 0 Å². The SMILES string of the molecule is C=CCC(C)/C=C(\C)CCC=C(C)C. The van der Waals surface area contributed by atoms with Gasteiger partial charge in [0.05, 0.1) is 0 Å². The summed E-state index contributed by atoms with van der Waals surface area (Å²) in [5.41, 5.74) is 2.91. The Bertz CT molecular complexity index is 214. The lowest BCUT2D eigenvalue weighted by molar-refractivity contribution is 0.731. The molecule has 0 aliphatic heterocycles. The van der Waals surface area contributed by atoms with Gasteiger partial charge in [0.25, 0.3) is 0 Å². The Morgan fingerprint density at radius 2 is 1.93 bits per heavy atom. The molecule has 0 radical (unpaired) electrons. The first kappa shape index (κ1) is 13.2. The molecule has 0 heterocycles. The Morgan fingerprint density at radius 3 is 2.43 bits per heavy atom. The zero-order valence-electron chi connectivity index (χ0n) is 10.1. The number of hydrogen-bond donors (Lipinski definition) is 0. The monoisotopic (exact) mass is 192 g/mol. The van der Waals surface area contributed by atoms with Gasteiger partial charge in [0.1, 0.15) is 0 Å². The average molecular weight is 192 g/mol. The van der Waals surface area contributed by atoms with E-state index in [0.717, 1.165) is 6.42 Å². The Hall–Kier alpha value is -0.780. The standard InChI is InChI=1S/C14H24/c1-6-8-13(4)11-14(5)10-7-9-12(2)3/h6,9,11,13H,1,7-8,10H2,2-5H3/b14-11+. The predicted octanol–water partition coefficient (Wildman–Crippen LogP) is 4.89. The van der Waals surface area contributed by atoms with Crippen molar-refractivity contribution in [2.24, 2.45) is 5.92 Å². The molecule has 0 aliphatic carbocycles. The molecule has 0 fully saturated rings. The van der Waals surface area contributed by atoms with Crippen LogP contribution in [0.3, 0.4) is 0 Å². The summed E-state index contributed by atoms with van der Waals surface area (Å²) >= 11 is 0. The number of allylic oxidation sites excluding steroid dienone is 5. The molecule has 0 saturated carbocycles. The lowest BCUT2D eigenvalue weighted by atomic mass is 10.0. The molecule has 0 aromatic heterocycles. The highest BCUT2D eigenvalue weighted by Gasteiger charge is 1.95. The van der Waals surface area contributed by atoms with Crippen molar-refractivity contribution in [2.45, 2.75) is 47.0 Å². The van der Waals surface area contributed by atoms with E-state index in [4.69, 9.17) is 0 Å². The second-order valence-corrected chi connectivity index (χ2v) is 4.33. The number of rotatable bonds is 6. The highest BCUT2D eigenvalue weighted by molar-refractivity contribution is 5.04. The molecule has 0 N–H and O–H groups in total. The predicted molar refractivity (Wildman–Crippen MR) is 66.4 cm³/mol. The summed E-state index contributed by atoms with van der Waals surface area (Å²) in [6.07, 6.45) is 10.1. The van der Waals surface area contributed by atoms with Crippen LogP contribution in [-0.2, 0) is 0 Å². The van der Waals surface area contributed by atoms with Gasteiger partial charge in [-0.1, -0.05) is 36.3 Å². The quantitative estimate of drug-likeness (QED) is 0.525. The van der Waals surface area contributed by atoms with Crippen molar-refractivity contribution in [1.29, 1.82) is 0 Å². The van der Waals surface area contributed by atoms with E-state index >= 15 is 0 Å². The van der Waals surface area contributed by atoms with E-state index in [1.165, 1.54) is 24.0 Å². The van der Waals surface area contributed by atoms with E-state index < -0.39 is 0 Å². The summed E-state index contributed by atoms with van der Waals surface area (Å²) in [5.74, 6) is 0.638. The fourth-order valence-corrected chi connectivity index (χ4v) is 1.49. The third-order valence-electron chi connectivity index (χ3n) is 2.20. The fourth-order valence-electron chi connectivity index (χ4n) is 1.49. The Balaban J connectivity index is 3.88. The maximum absolute atomic E-state index is 3.75. The Kier molecular flexibility index (Phi) is 7.18. The zero-order valence-corrected chi connectivity index (χ0v) is 10.1. The minimum atomic E-state index is 0.638. The van der Waals surface area contributed by atoms with Crippen LogP contribution in [0.25, 0.3) is 0 Å². The second-order valence-electron chi connectivity index (χ2n) is 4.33. The summed E-state index contributed by atoms with van der Waals surface area (Å²) < 4.78 is 0. The molecule has 0 bridgehead atoms. The molecule has 1 atom stereocenters. The molecule has 0 saturated heterocycles. The largest absolute Gasteiger partial charge is 0.103 e. The fraction of sp³-hybridized carbons (Fsp3) is 0.571. The first-order chi connectivity index (χ1) is 6.56. The first-order valence-corrected chi connectivity index (χ1v) is 5.47. The normalized spacial score (nSPS) is 13.6. The maximum atomic E-state index is 3.75. The van der Waals surface area contributed by atoms with E-state index in [2.05, 4.69) is 46.4 Å². The second kappa shape index (κ2) is 7.61. The molecule has 0 amide bonds. The van der Waals surface area contributed by atoms with Gasteiger partial charge in [-0.25, -0.2) is 0 Å². The summed E-state index contributed by atoms with van der Waals surface area (Å²) in [4.78, 5) is 0. The van der Waals surface area contributed by atoms with Gasteiger partial charge in [-0.3, -0.25) is 0 Å². The molecule has 0 aliphatic rings. The minimum absolute atomic E-state index is 0.638. The van der Waals surface area contributed by atoms with Crippen LogP contribution in [0.15, 0.2) is 36.0 Å². The zero-order chi connectivity index (χ0) is 11.0. The molecule has 0 aromatic rings. The Morgan fingerprint density at radius 1 is 1.29 bits per heavy atom. The van der Waals surface area contributed by atoms with Gasteiger partial charge < -0.3 is 0 Å². The van der Waals surface area contributed by atoms with E-state index in [1.807, 2.05) is 6.08 Å². The molecule has 80 valence electrons. The molecule has 14 heavy (non-hydrogen) atoms. The van der Waals surface area contributed by atoms with Crippen LogP contribution in [0.2, 0.25) is 0 Å². The summed E-state index contributed by atoms with van der Waals surface area (Å²) in [6.45, 7) is 12.5.